The van der Waals surface area contributed by atoms with E-state index in [1.807, 2.05) is 0 Å². The minimum atomic E-state index is -0.311. The van der Waals surface area contributed by atoms with E-state index in [2.05, 4.69) is 15.3 Å². The van der Waals surface area contributed by atoms with Crippen LogP contribution in [0.1, 0.15) is 29.7 Å². The number of hydrogen-bond acceptors (Lipinski definition) is 6. The molecule has 3 aromatic rings. The average molecular weight is 418 g/mol. The molecule has 1 aromatic carbocycles. The highest BCUT2D eigenvalue weighted by molar-refractivity contribution is 7.18. The van der Waals surface area contributed by atoms with Gasteiger partial charge in [-0.25, -0.2) is 9.97 Å². The van der Waals surface area contributed by atoms with E-state index in [1.54, 1.807) is 29.5 Å². The molecule has 0 saturated carbocycles. The average Bonchev–Trinajstić information content (AvgIpc) is 2.88. The molecular weight excluding hydrogens is 398 g/mol. The molecule has 1 aliphatic carbocycles. The topological polar surface area (TPSA) is 73.3 Å². The number of amides is 1. The van der Waals surface area contributed by atoms with Crippen molar-refractivity contribution in [2.45, 2.75) is 32.1 Å². The van der Waals surface area contributed by atoms with E-state index in [1.165, 1.54) is 36.7 Å². The Labute approximate surface area is 171 Å². The summed E-state index contributed by atoms with van der Waals surface area (Å²) in [5.74, 6) is 0.691. The zero-order valence-corrected chi connectivity index (χ0v) is 17.0. The third kappa shape index (κ3) is 3.91. The van der Waals surface area contributed by atoms with Gasteiger partial charge in [-0.05, 0) is 49.4 Å². The second kappa shape index (κ2) is 8.32. The summed E-state index contributed by atoms with van der Waals surface area (Å²) in [4.78, 5) is 23.4. The molecule has 0 radical (unpaired) electrons. The van der Waals surface area contributed by atoms with Crippen LogP contribution in [0.2, 0.25) is 5.02 Å². The summed E-state index contributed by atoms with van der Waals surface area (Å²) >= 11 is 7.72. The zero-order chi connectivity index (χ0) is 19.5. The van der Waals surface area contributed by atoms with Crippen LogP contribution < -0.4 is 14.8 Å². The normalized spacial score (nSPS) is 13.6. The van der Waals surface area contributed by atoms with Gasteiger partial charge in [0.15, 0.2) is 6.61 Å². The van der Waals surface area contributed by atoms with Gasteiger partial charge in [-0.3, -0.25) is 4.79 Å². The molecule has 0 fully saturated rings. The maximum absolute atomic E-state index is 12.4. The number of carbonyl (C=O) groups is 1. The second-order valence-electron chi connectivity index (χ2n) is 6.60. The monoisotopic (exact) mass is 417 g/mol. The Hall–Kier alpha value is -2.38. The molecule has 0 spiro atoms. The van der Waals surface area contributed by atoms with Crippen LogP contribution in [0.15, 0.2) is 24.5 Å². The molecule has 1 aliphatic rings. The number of aromatic nitrogens is 2. The third-order valence-corrected chi connectivity index (χ3v) is 6.18. The van der Waals surface area contributed by atoms with E-state index in [-0.39, 0.29) is 12.5 Å². The minimum Gasteiger partial charge on any atom is -0.495 e. The van der Waals surface area contributed by atoms with Gasteiger partial charge in [0.25, 0.3) is 5.91 Å². The van der Waals surface area contributed by atoms with E-state index in [0.29, 0.717) is 22.3 Å². The fourth-order valence-electron chi connectivity index (χ4n) is 3.45. The number of carbonyl (C=O) groups excluding carboxylic acids is 1. The van der Waals surface area contributed by atoms with Gasteiger partial charge in [-0.1, -0.05) is 18.0 Å². The van der Waals surface area contributed by atoms with Crippen LogP contribution in [-0.4, -0.2) is 29.6 Å². The molecular formula is C20H20ClN3O3S. The van der Waals surface area contributed by atoms with E-state index in [9.17, 15) is 4.79 Å². The molecule has 2 heterocycles. The highest BCUT2D eigenvalue weighted by atomic mass is 35.5. The molecule has 28 heavy (non-hydrogen) atoms. The van der Waals surface area contributed by atoms with Crippen molar-refractivity contribution in [3.63, 3.8) is 0 Å². The summed E-state index contributed by atoms with van der Waals surface area (Å²) in [6.07, 6.45) is 7.16. The lowest BCUT2D eigenvalue weighted by atomic mass is 10.1. The highest BCUT2D eigenvalue weighted by Gasteiger charge is 2.20. The lowest BCUT2D eigenvalue weighted by Crippen LogP contribution is -2.21. The molecule has 0 aliphatic heterocycles. The van der Waals surface area contributed by atoms with Crippen LogP contribution in [0.4, 0.5) is 5.69 Å². The predicted molar refractivity (Wildman–Crippen MR) is 111 cm³/mol. The number of anilines is 1. The largest absolute Gasteiger partial charge is 0.495 e. The van der Waals surface area contributed by atoms with Gasteiger partial charge < -0.3 is 14.8 Å². The Morgan fingerprint density at radius 2 is 2.11 bits per heavy atom. The SMILES string of the molecule is COc1ccc(Cl)cc1NC(=O)COc1ncnc2sc3c(c12)CCCCC3. The van der Waals surface area contributed by atoms with Crippen LogP contribution in [0, 0.1) is 0 Å². The quantitative estimate of drug-likeness (QED) is 0.612. The number of methoxy groups -OCH3 is 1. The van der Waals surface area contributed by atoms with Crippen molar-refractivity contribution in [3.8, 4) is 11.6 Å². The van der Waals surface area contributed by atoms with Crippen LogP contribution in [0.3, 0.4) is 0 Å². The molecule has 0 bridgehead atoms. The van der Waals surface area contributed by atoms with Gasteiger partial charge in [-0.2, -0.15) is 0 Å². The lowest BCUT2D eigenvalue weighted by molar-refractivity contribution is -0.118. The number of rotatable bonds is 5. The minimum absolute atomic E-state index is 0.160. The smallest absolute Gasteiger partial charge is 0.262 e. The molecule has 2 aromatic heterocycles. The number of nitrogens with zero attached hydrogens (tertiary/aromatic N) is 2. The summed E-state index contributed by atoms with van der Waals surface area (Å²) in [5.41, 5.74) is 1.78. The number of thiophene rings is 1. The molecule has 1 N–H and O–H groups in total. The summed E-state index contributed by atoms with van der Waals surface area (Å²) < 4.78 is 11.0. The van der Waals surface area contributed by atoms with E-state index in [4.69, 9.17) is 21.1 Å². The van der Waals surface area contributed by atoms with Crippen molar-refractivity contribution in [3.05, 3.63) is 40.0 Å². The number of fused-ring (bicyclic) bond motifs is 3. The first kappa shape index (κ1) is 19.0. The number of ether oxygens (including phenoxy) is 2. The highest BCUT2D eigenvalue weighted by Crippen LogP contribution is 2.38. The van der Waals surface area contributed by atoms with Gasteiger partial charge in [0.1, 0.15) is 16.9 Å². The van der Waals surface area contributed by atoms with Crippen molar-refractivity contribution in [1.29, 1.82) is 0 Å². The molecule has 4 rings (SSSR count). The Morgan fingerprint density at radius 1 is 1.25 bits per heavy atom. The molecule has 0 unspecified atom stereocenters. The van der Waals surface area contributed by atoms with Crippen molar-refractivity contribution in [1.82, 2.24) is 9.97 Å². The number of aryl methyl sites for hydroxylation is 2. The lowest BCUT2D eigenvalue weighted by Gasteiger charge is -2.11. The number of nitrogens with one attached hydrogen (secondary N) is 1. The van der Waals surface area contributed by atoms with E-state index < -0.39 is 0 Å². The standard InChI is InChI=1S/C20H20ClN3O3S/c1-26-15-8-7-12(21)9-14(15)24-17(25)10-27-19-18-13-5-3-2-4-6-16(13)28-20(18)23-11-22-19/h7-9,11H,2-6,10H2,1H3,(H,24,25). The summed E-state index contributed by atoms with van der Waals surface area (Å²) in [6, 6.07) is 5.04. The fraction of sp³-hybridized carbons (Fsp3) is 0.350. The fourth-order valence-corrected chi connectivity index (χ4v) is 4.84. The number of benzene rings is 1. The van der Waals surface area contributed by atoms with E-state index in [0.717, 1.165) is 29.5 Å². The summed E-state index contributed by atoms with van der Waals surface area (Å²) in [5, 5.41) is 4.24. The summed E-state index contributed by atoms with van der Waals surface area (Å²) in [6.45, 7) is -0.160. The van der Waals surface area contributed by atoms with Crippen molar-refractivity contribution < 1.29 is 14.3 Å². The maximum atomic E-state index is 12.4. The molecule has 146 valence electrons. The van der Waals surface area contributed by atoms with Crippen LogP contribution in [-0.2, 0) is 17.6 Å². The number of halogens is 1. The van der Waals surface area contributed by atoms with Gasteiger partial charge in [0.2, 0.25) is 5.88 Å². The van der Waals surface area contributed by atoms with Crippen LogP contribution >= 0.6 is 22.9 Å². The summed E-state index contributed by atoms with van der Waals surface area (Å²) in [7, 11) is 1.54. The molecule has 0 atom stereocenters. The van der Waals surface area contributed by atoms with Gasteiger partial charge >= 0.3 is 0 Å². The van der Waals surface area contributed by atoms with Crippen molar-refractivity contribution in [2.75, 3.05) is 19.0 Å². The van der Waals surface area contributed by atoms with Crippen LogP contribution in [0.5, 0.6) is 11.6 Å². The first-order chi connectivity index (χ1) is 13.7. The Morgan fingerprint density at radius 3 is 2.96 bits per heavy atom. The third-order valence-electron chi connectivity index (χ3n) is 4.74. The Balaban J connectivity index is 1.52. The molecule has 8 heteroatoms. The Bertz CT molecular complexity index is 1020. The number of hydrogen-bond donors (Lipinski definition) is 1. The first-order valence-electron chi connectivity index (χ1n) is 9.17. The molecule has 6 nitrogen and oxygen atoms in total. The zero-order valence-electron chi connectivity index (χ0n) is 15.5. The van der Waals surface area contributed by atoms with Gasteiger partial charge in [0.05, 0.1) is 18.2 Å². The van der Waals surface area contributed by atoms with Crippen LogP contribution in [0.25, 0.3) is 10.2 Å². The van der Waals surface area contributed by atoms with Crippen molar-refractivity contribution >= 4 is 44.7 Å². The second-order valence-corrected chi connectivity index (χ2v) is 8.12. The van der Waals surface area contributed by atoms with Gasteiger partial charge in [0, 0.05) is 9.90 Å². The molecule has 0 saturated heterocycles. The van der Waals surface area contributed by atoms with E-state index >= 15 is 0 Å². The van der Waals surface area contributed by atoms with Gasteiger partial charge in [-0.15, -0.1) is 11.3 Å². The van der Waals surface area contributed by atoms with Crippen molar-refractivity contribution in [2.24, 2.45) is 0 Å². The first-order valence-corrected chi connectivity index (χ1v) is 10.4. The molecule has 1 amide bonds. The predicted octanol–water partition coefficient (Wildman–Crippen LogP) is 4.64. The maximum Gasteiger partial charge on any atom is 0.262 e. The Kier molecular flexibility index (Phi) is 5.64.